The summed E-state index contributed by atoms with van der Waals surface area (Å²) in [5, 5.41) is 11.9. The van der Waals surface area contributed by atoms with E-state index >= 15 is 0 Å². The minimum absolute atomic E-state index is 0.552. The second kappa shape index (κ2) is 5.43. The van der Waals surface area contributed by atoms with Crippen LogP contribution >= 0.6 is 0 Å². The van der Waals surface area contributed by atoms with Crippen LogP contribution in [0.2, 0.25) is 0 Å². The summed E-state index contributed by atoms with van der Waals surface area (Å²) in [4.78, 5) is 1.63. The standard InChI is InChI=1S/C15H20N4/c1-12(13-4-2-3-5-13)18-14-6-8-15(9-7-14)19-16-10-11-17-19/h6-13,18H,2-5H2,1H3. The summed E-state index contributed by atoms with van der Waals surface area (Å²) < 4.78 is 0. The zero-order valence-electron chi connectivity index (χ0n) is 11.3. The number of nitrogens with zero attached hydrogens (tertiary/aromatic N) is 3. The van der Waals surface area contributed by atoms with Crippen molar-refractivity contribution in [2.75, 3.05) is 5.32 Å². The number of hydrogen-bond acceptors (Lipinski definition) is 3. The number of benzene rings is 1. The molecule has 0 amide bonds. The molecule has 1 atom stereocenters. The van der Waals surface area contributed by atoms with Gasteiger partial charge >= 0.3 is 0 Å². The molecule has 1 aliphatic carbocycles. The molecule has 1 N–H and O–H groups in total. The fourth-order valence-electron chi connectivity index (χ4n) is 2.88. The zero-order valence-corrected chi connectivity index (χ0v) is 11.3. The molecular weight excluding hydrogens is 236 g/mol. The van der Waals surface area contributed by atoms with E-state index in [2.05, 4.69) is 34.6 Å². The van der Waals surface area contributed by atoms with Crippen molar-refractivity contribution in [1.29, 1.82) is 0 Å². The molecule has 1 saturated carbocycles. The van der Waals surface area contributed by atoms with E-state index in [1.165, 1.54) is 31.4 Å². The molecule has 0 aliphatic heterocycles. The summed E-state index contributed by atoms with van der Waals surface area (Å²) in [6.07, 6.45) is 8.89. The maximum Gasteiger partial charge on any atom is 0.0858 e. The molecule has 100 valence electrons. The summed E-state index contributed by atoms with van der Waals surface area (Å²) in [6, 6.07) is 8.85. The van der Waals surface area contributed by atoms with Crippen LogP contribution in [0, 0.1) is 5.92 Å². The third-order valence-electron chi connectivity index (χ3n) is 4.02. The van der Waals surface area contributed by atoms with Gasteiger partial charge in [0.15, 0.2) is 0 Å². The van der Waals surface area contributed by atoms with Gasteiger partial charge in [0, 0.05) is 11.7 Å². The van der Waals surface area contributed by atoms with Gasteiger partial charge in [0.05, 0.1) is 18.1 Å². The first kappa shape index (κ1) is 12.2. The topological polar surface area (TPSA) is 42.7 Å². The van der Waals surface area contributed by atoms with Gasteiger partial charge in [-0.15, -0.1) is 0 Å². The summed E-state index contributed by atoms with van der Waals surface area (Å²) in [7, 11) is 0. The minimum Gasteiger partial charge on any atom is -0.382 e. The van der Waals surface area contributed by atoms with Crippen molar-refractivity contribution in [3.8, 4) is 5.69 Å². The van der Waals surface area contributed by atoms with E-state index in [4.69, 9.17) is 0 Å². The Morgan fingerprint density at radius 1 is 1.11 bits per heavy atom. The highest BCUT2D eigenvalue weighted by Crippen LogP contribution is 2.29. The van der Waals surface area contributed by atoms with Gasteiger partial charge in [0.2, 0.25) is 0 Å². The molecule has 1 aromatic heterocycles. The molecule has 1 heterocycles. The maximum atomic E-state index is 4.13. The van der Waals surface area contributed by atoms with Gasteiger partial charge in [-0.1, -0.05) is 12.8 Å². The Labute approximate surface area is 113 Å². The third kappa shape index (κ3) is 2.78. The van der Waals surface area contributed by atoms with Gasteiger partial charge < -0.3 is 5.32 Å². The second-order valence-corrected chi connectivity index (χ2v) is 5.34. The molecule has 1 aliphatic rings. The van der Waals surface area contributed by atoms with Crippen molar-refractivity contribution in [3.63, 3.8) is 0 Å². The number of rotatable bonds is 4. The minimum atomic E-state index is 0.552. The average Bonchev–Trinajstić information content (AvgIpc) is 3.13. The normalized spacial score (nSPS) is 17.5. The molecule has 1 aromatic carbocycles. The highest BCUT2D eigenvalue weighted by atomic mass is 15.5. The first-order chi connectivity index (χ1) is 9.33. The van der Waals surface area contributed by atoms with Crippen LogP contribution in [-0.4, -0.2) is 21.0 Å². The molecule has 4 nitrogen and oxygen atoms in total. The largest absolute Gasteiger partial charge is 0.382 e. The van der Waals surface area contributed by atoms with Crippen molar-refractivity contribution >= 4 is 5.69 Å². The van der Waals surface area contributed by atoms with E-state index in [9.17, 15) is 0 Å². The van der Waals surface area contributed by atoms with Crippen LogP contribution in [0.4, 0.5) is 5.69 Å². The first-order valence-corrected chi connectivity index (χ1v) is 7.06. The van der Waals surface area contributed by atoms with Crippen molar-refractivity contribution in [1.82, 2.24) is 15.0 Å². The third-order valence-corrected chi connectivity index (χ3v) is 4.02. The fourth-order valence-corrected chi connectivity index (χ4v) is 2.88. The molecule has 4 heteroatoms. The van der Waals surface area contributed by atoms with Crippen molar-refractivity contribution in [3.05, 3.63) is 36.7 Å². The Balaban J connectivity index is 1.65. The molecule has 0 radical (unpaired) electrons. The lowest BCUT2D eigenvalue weighted by atomic mass is 9.99. The smallest absolute Gasteiger partial charge is 0.0858 e. The zero-order chi connectivity index (χ0) is 13.1. The Hall–Kier alpha value is -1.84. The summed E-state index contributed by atoms with van der Waals surface area (Å²) in [6.45, 7) is 2.29. The highest BCUT2D eigenvalue weighted by molar-refractivity contribution is 5.48. The quantitative estimate of drug-likeness (QED) is 0.913. The molecule has 3 rings (SSSR count). The van der Waals surface area contributed by atoms with Gasteiger partial charge in [0.1, 0.15) is 0 Å². The number of nitrogens with one attached hydrogen (secondary N) is 1. The van der Waals surface area contributed by atoms with Crippen molar-refractivity contribution in [2.24, 2.45) is 5.92 Å². The van der Waals surface area contributed by atoms with Crippen LogP contribution in [0.3, 0.4) is 0 Å². The predicted molar refractivity (Wildman–Crippen MR) is 76.4 cm³/mol. The van der Waals surface area contributed by atoms with Gasteiger partial charge in [-0.05, 0) is 49.9 Å². The molecule has 1 unspecified atom stereocenters. The predicted octanol–water partition coefficient (Wildman–Crippen LogP) is 3.26. The molecule has 0 bridgehead atoms. The summed E-state index contributed by atoms with van der Waals surface area (Å²) in [5.41, 5.74) is 2.17. The summed E-state index contributed by atoms with van der Waals surface area (Å²) >= 11 is 0. The van der Waals surface area contributed by atoms with E-state index in [0.29, 0.717) is 6.04 Å². The van der Waals surface area contributed by atoms with Crippen LogP contribution < -0.4 is 5.32 Å². The van der Waals surface area contributed by atoms with E-state index in [0.717, 1.165) is 11.6 Å². The van der Waals surface area contributed by atoms with Crippen LogP contribution in [0.5, 0.6) is 0 Å². The fraction of sp³-hybridized carbons (Fsp3) is 0.467. The molecule has 0 saturated heterocycles. The second-order valence-electron chi connectivity index (χ2n) is 5.34. The SMILES string of the molecule is CC(Nc1ccc(-n2nccn2)cc1)C1CCCC1. The van der Waals surface area contributed by atoms with Gasteiger partial charge in [-0.3, -0.25) is 0 Å². The van der Waals surface area contributed by atoms with Crippen LogP contribution in [0.25, 0.3) is 5.69 Å². The van der Waals surface area contributed by atoms with Crippen molar-refractivity contribution in [2.45, 2.75) is 38.6 Å². The Bertz CT molecular complexity index is 497. The Kier molecular flexibility index (Phi) is 3.49. The molecule has 1 fully saturated rings. The maximum absolute atomic E-state index is 4.13. The number of hydrogen-bond donors (Lipinski definition) is 1. The van der Waals surface area contributed by atoms with Gasteiger partial charge in [-0.2, -0.15) is 15.0 Å². The molecular formula is C15H20N4. The van der Waals surface area contributed by atoms with E-state index in [1.54, 1.807) is 17.2 Å². The number of aromatic nitrogens is 3. The highest BCUT2D eigenvalue weighted by Gasteiger charge is 2.21. The number of anilines is 1. The van der Waals surface area contributed by atoms with Crippen LogP contribution in [-0.2, 0) is 0 Å². The Morgan fingerprint density at radius 2 is 1.74 bits per heavy atom. The van der Waals surface area contributed by atoms with E-state index < -0.39 is 0 Å². The van der Waals surface area contributed by atoms with E-state index in [-0.39, 0.29) is 0 Å². The van der Waals surface area contributed by atoms with Crippen LogP contribution in [0.15, 0.2) is 36.7 Å². The van der Waals surface area contributed by atoms with Crippen LogP contribution in [0.1, 0.15) is 32.6 Å². The lowest BCUT2D eigenvalue weighted by Crippen LogP contribution is -2.23. The summed E-state index contributed by atoms with van der Waals surface area (Å²) in [5.74, 6) is 0.826. The van der Waals surface area contributed by atoms with E-state index in [1.807, 2.05) is 12.1 Å². The average molecular weight is 256 g/mol. The van der Waals surface area contributed by atoms with Crippen molar-refractivity contribution < 1.29 is 0 Å². The molecule has 2 aromatic rings. The first-order valence-electron chi connectivity index (χ1n) is 7.06. The van der Waals surface area contributed by atoms with Gasteiger partial charge in [0.25, 0.3) is 0 Å². The Morgan fingerprint density at radius 3 is 2.37 bits per heavy atom. The molecule has 19 heavy (non-hydrogen) atoms. The monoisotopic (exact) mass is 256 g/mol. The lowest BCUT2D eigenvalue weighted by Gasteiger charge is -2.21. The van der Waals surface area contributed by atoms with Gasteiger partial charge in [-0.25, -0.2) is 0 Å². The molecule has 0 spiro atoms. The lowest BCUT2D eigenvalue weighted by molar-refractivity contribution is 0.482.